The monoisotopic (exact) mass is 305 g/mol. The van der Waals surface area contributed by atoms with Crippen molar-refractivity contribution in [3.8, 4) is 5.75 Å². The van der Waals surface area contributed by atoms with E-state index in [1.807, 2.05) is 0 Å². The second-order valence-electron chi connectivity index (χ2n) is 4.15. The molecule has 3 amide bonds. The molecule has 0 aliphatic heterocycles. The molecule has 0 aromatic heterocycles. The van der Waals surface area contributed by atoms with Gasteiger partial charge in [-0.15, -0.1) is 0 Å². The van der Waals surface area contributed by atoms with Crippen LogP contribution in [0.25, 0.3) is 0 Å². The Hall–Kier alpha value is -2.73. The molecule has 108 valence electrons. The van der Waals surface area contributed by atoms with Gasteiger partial charge in [0.2, 0.25) is 0 Å². The Labute approximate surface area is 125 Å². The van der Waals surface area contributed by atoms with E-state index in [0.29, 0.717) is 11.4 Å². The number of nitrogens with two attached hydrogens (primary N) is 1. The van der Waals surface area contributed by atoms with Gasteiger partial charge in [-0.05, 0) is 36.4 Å². The normalized spacial score (nSPS) is 9.95. The molecule has 0 saturated heterocycles. The maximum Gasteiger partial charge on any atom is 0.316 e. The van der Waals surface area contributed by atoms with Gasteiger partial charge in [-0.25, -0.2) is 4.79 Å². The van der Waals surface area contributed by atoms with Gasteiger partial charge in [-0.3, -0.25) is 4.79 Å². The average molecular weight is 306 g/mol. The summed E-state index contributed by atoms with van der Waals surface area (Å²) < 4.78 is 0. The minimum atomic E-state index is -0.673. The maximum absolute atomic E-state index is 12.1. The van der Waals surface area contributed by atoms with Gasteiger partial charge < -0.3 is 21.5 Å². The van der Waals surface area contributed by atoms with Gasteiger partial charge in [0.1, 0.15) is 11.3 Å². The first-order chi connectivity index (χ1) is 9.97. The van der Waals surface area contributed by atoms with Gasteiger partial charge in [0.25, 0.3) is 5.91 Å². The van der Waals surface area contributed by atoms with Crippen LogP contribution in [0, 0.1) is 0 Å². The molecule has 0 heterocycles. The van der Waals surface area contributed by atoms with E-state index < -0.39 is 11.9 Å². The van der Waals surface area contributed by atoms with Crippen LogP contribution in [0.1, 0.15) is 10.4 Å². The van der Waals surface area contributed by atoms with Crippen molar-refractivity contribution in [3.05, 3.63) is 53.1 Å². The van der Waals surface area contributed by atoms with E-state index in [0.717, 1.165) is 0 Å². The van der Waals surface area contributed by atoms with Crippen LogP contribution in [0.2, 0.25) is 5.02 Å². The highest BCUT2D eigenvalue weighted by atomic mass is 35.5. The number of urea groups is 1. The van der Waals surface area contributed by atoms with E-state index >= 15 is 0 Å². The number of halogens is 1. The number of phenols is 1. The summed E-state index contributed by atoms with van der Waals surface area (Å²) in [6.07, 6.45) is 0. The number of rotatable bonds is 3. The lowest BCUT2D eigenvalue weighted by molar-refractivity contribution is 0.102. The lowest BCUT2D eigenvalue weighted by Gasteiger charge is -2.09. The zero-order valence-corrected chi connectivity index (χ0v) is 11.5. The summed E-state index contributed by atoms with van der Waals surface area (Å²) >= 11 is 5.89. The van der Waals surface area contributed by atoms with Crippen LogP contribution in [0.15, 0.2) is 42.5 Å². The zero-order chi connectivity index (χ0) is 15.4. The van der Waals surface area contributed by atoms with Crippen LogP contribution in [0.4, 0.5) is 16.2 Å². The van der Waals surface area contributed by atoms with Gasteiger partial charge in [-0.2, -0.15) is 0 Å². The largest absolute Gasteiger partial charge is 0.507 e. The molecule has 2 aromatic rings. The molecular weight excluding hydrogens is 294 g/mol. The second-order valence-corrected chi connectivity index (χ2v) is 4.56. The first-order valence-electron chi connectivity index (χ1n) is 5.92. The summed E-state index contributed by atoms with van der Waals surface area (Å²) in [5, 5.41) is 14.8. The number of aromatic hydroxyl groups is 1. The minimum absolute atomic E-state index is 0.00139. The molecule has 2 rings (SSSR count). The Morgan fingerprint density at radius 2 is 1.57 bits per heavy atom. The SMILES string of the molecule is NC(=O)Nc1ccc(NC(=O)c2c(O)cccc2Cl)cc1. The van der Waals surface area contributed by atoms with E-state index in [1.165, 1.54) is 12.1 Å². The number of amides is 3. The quantitative estimate of drug-likeness (QED) is 0.700. The van der Waals surface area contributed by atoms with Crippen molar-refractivity contribution in [2.45, 2.75) is 0 Å². The summed E-state index contributed by atoms with van der Waals surface area (Å²) in [5.41, 5.74) is 5.97. The minimum Gasteiger partial charge on any atom is -0.507 e. The van der Waals surface area contributed by atoms with E-state index in [9.17, 15) is 14.7 Å². The highest BCUT2D eigenvalue weighted by Crippen LogP contribution is 2.26. The van der Waals surface area contributed by atoms with Crippen molar-refractivity contribution >= 4 is 34.9 Å². The Bertz CT molecular complexity index is 666. The Balaban J connectivity index is 2.14. The zero-order valence-electron chi connectivity index (χ0n) is 10.8. The predicted molar refractivity (Wildman–Crippen MR) is 80.7 cm³/mol. The number of hydrogen-bond acceptors (Lipinski definition) is 3. The molecule has 0 atom stereocenters. The summed E-state index contributed by atoms with van der Waals surface area (Å²) in [4.78, 5) is 22.8. The van der Waals surface area contributed by atoms with E-state index in [2.05, 4.69) is 10.6 Å². The molecule has 0 aliphatic carbocycles. The van der Waals surface area contributed by atoms with Crippen LogP contribution in [-0.2, 0) is 0 Å². The van der Waals surface area contributed by atoms with Gasteiger partial charge in [0, 0.05) is 11.4 Å². The molecule has 5 N–H and O–H groups in total. The van der Waals surface area contributed by atoms with Gasteiger partial charge >= 0.3 is 6.03 Å². The van der Waals surface area contributed by atoms with Crippen LogP contribution in [0.5, 0.6) is 5.75 Å². The van der Waals surface area contributed by atoms with Crippen molar-refractivity contribution in [1.29, 1.82) is 0 Å². The van der Waals surface area contributed by atoms with Crippen LogP contribution >= 0.6 is 11.6 Å². The lowest BCUT2D eigenvalue weighted by Crippen LogP contribution is -2.19. The molecule has 0 aliphatic rings. The molecule has 7 heteroatoms. The molecule has 6 nitrogen and oxygen atoms in total. The molecule has 0 radical (unpaired) electrons. The Kier molecular flexibility index (Phi) is 4.30. The molecule has 0 unspecified atom stereocenters. The molecule has 0 spiro atoms. The Morgan fingerprint density at radius 3 is 2.10 bits per heavy atom. The number of anilines is 2. The van der Waals surface area contributed by atoms with E-state index in [1.54, 1.807) is 30.3 Å². The number of carbonyl (C=O) groups excluding carboxylic acids is 2. The lowest BCUT2D eigenvalue weighted by atomic mass is 10.2. The van der Waals surface area contributed by atoms with E-state index in [4.69, 9.17) is 17.3 Å². The Morgan fingerprint density at radius 1 is 1.00 bits per heavy atom. The third kappa shape index (κ3) is 3.64. The van der Waals surface area contributed by atoms with Gasteiger partial charge in [0.05, 0.1) is 5.02 Å². The third-order valence-corrected chi connectivity index (χ3v) is 2.94. The van der Waals surface area contributed by atoms with Crippen molar-refractivity contribution in [2.24, 2.45) is 5.73 Å². The van der Waals surface area contributed by atoms with Crippen molar-refractivity contribution in [1.82, 2.24) is 0 Å². The number of hydrogen-bond donors (Lipinski definition) is 4. The standard InChI is InChI=1S/C14H12ClN3O3/c15-10-2-1-3-11(19)12(10)13(20)17-8-4-6-9(7-5-8)18-14(16)21/h1-7,19H,(H,17,20)(H3,16,18,21). The fourth-order valence-corrected chi connectivity index (χ4v) is 1.97. The summed E-state index contributed by atoms with van der Waals surface area (Å²) in [7, 11) is 0. The molecule has 0 saturated carbocycles. The molecule has 2 aromatic carbocycles. The third-order valence-electron chi connectivity index (χ3n) is 2.63. The van der Waals surface area contributed by atoms with Crippen molar-refractivity contribution in [2.75, 3.05) is 10.6 Å². The second kappa shape index (κ2) is 6.15. The number of benzene rings is 2. The highest BCUT2D eigenvalue weighted by molar-refractivity contribution is 6.34. The fourth-order valence-electron chi connectivity index (χ4n) is 1.71. The van der Waals surface area contributed by atoms with Crippen molar-refractivity contribution in [3.63, 3.8) is 0 Å². The molecule has 0 fully saturated rings. The molecule has 21 heavy (non-hydrogen) atoms. The maximum atomic E-state index is 12.1. The number of nitrogens with one attached hydrogen (secondary N) is 2. The predicted octanol–water partition coefficient (Wildman–Crippen LogP) is 2.79. The number of carbonyl (C=O) groups is 2. The van der Waals surface area contributed by atoms with Crippen LogP contribution in [0.3, 0.4) is 0 Å². The van der Waals surface area contributed by atoms with Crippen LogP contribution in [-0.4, -0.2) is 17.0 Å². The summed E-state index contributed by atoms with van der Waals surface area (Å²) in [6, 6.07) is 10.1. The number of primary amides is 1. The van der Waals surface area contributed by atoms with E-state index in [-0.39, 0.29) is 16.3 Å². The first kappa shape index (κ1) is 14.7. The number of phenolic OH excluding ortho intramolecular Hbond substituents is 1. The smallest absolute Gasteiger partial charge is 0.316 e. The average Bonchev–Trinajstić information content (AvgIpc) is 2.40. The van der Waals surface area contributed by atoms with Crippen molar-refractivity contribution < 1.29 is 14.7 Å². The van der Waals surface area contributed by atoms with Gasteiger partial charge in [-0.1, -0.05) is 17.7 Å². The first-order valence-corrected chi connectivity index (χ1v) is 6.30. The summed E-state index contributed by atoms with van der Waals surface area (Å²) in [6.45, 7) is 0. The molecular formula is C14H12ClN3O3. The molecule has 0 bridgehead atoms. The van der Waals surface area contributed by atoms with Crippen LogP contribution < -0.4 is 16.4 Å². The topological polar surface area (TPSA) is 104 Å². The highest BCUT2D eigenvalue weighted by Gasteiger charge is 2.15. The van der Waals surface area contributed by atoms with Gasteiger partial charge in [0.15, 0.2) is 0 Å². The summed E-state index contributed by atoms with van der Waals surface area (Å²) in [5.74, 6) is -0.735. The fraction of sp³-hybridized carbons (Fsp3) is 0.